The highest BCUT2D eigenvalue weighted by Crippen LogP contribution is 2.29. The van der Waals surface area contributed by atoms with E-state index in [1.165, 1.54) is 0 Å². The van der Waals surface area contributed by atoms with Gasteiger partial charge in [0, 0.05) is 13.6 Å². The van der Waals surface area contributed by atoms with Crippen molar-refractivity contribution in [2.45, 2.75) is 45.5 Å². The summed E-state index contributed by atoms with van der Waals surface area (Å²) >= 11 is 6.25. The molecule has 7 heteroatoms. The van der Waals surface area contributed by atoms with Crippen molar-refractivity contribution in [1.82, 2.24) is 24.6 Å². The fraction of sp³-hybridized carbons (Fsp3) is 0.643. The molecule has 0 aliphatic rings. The van der Waals surface area contributed by atoms with Crippen LogP contribution in [0.4, 0.5) is 0 Å². The summed E-state index contributed by atoms with van der Waals surface area (Å²) in [7, 11) is 1.85. The molecule has 0 saturated carbocycles. The summed E-state index contributed by atoms with van der Waals surface area (Å²) in [4.78, 5) is 16.9. The van der Waals surface area contributed by atoms with Crippen LogP contribution in [0.3, 0.4) is 0 Å². The zero-order valence-electron chi connectivity index (χ0n) is 13.1. The van der Waals surface area contributed by atoms with Crippen molar-refractivity contribution in [2.24, 2.45) is 7.05 Å². The fourth-order valence-electron chi connectivity index (χ4n) is 2.49. The maximum absolute atomic E-state index is 12.3. The van der Waals surface area contributed by atoms with Crippen LogP contribution in [0.5, 0.6) is 0 Å². The molecule has 2 rings (SSSR count). The first-order valence-corrected chi connectivity index (χ1v) is 7.65. The van der Waals surface area contributed by atoms with Gasteiger partial charge in [-0.2, -0.15) is 5.10 Å². The highest BCUT2D eigenvalue weighted by atomic mass is 35.5. The number of aromatic nitrogens is 4. The summed E-state index contributed by atoms with van der Waals surface area (Å²) < 4.78 is 3.64. The van der Waals surface area contributed by atoms with Crippen molar-refractivity contribution >= 4 is 28.7 Å². The minimum Gasteiger partial charge on any atom is -0.354 e. The first-order valence-electron chi connectivity index (χ1n) is 7.21. The van der Waals surface area contributed by atoms with E-state index in [4.69, 9.17) is 11.6 Å². The Morgan fingerprint density at radius 1 is 1.43 bits per heavy atom. The SMILES string of the molecule is CCCNC(=O)C(C)n1c(C(C)Cl)nc2c(C)nn(C)c21. The lowest BCUT2D eigenvalue weighted by Crippen LogP contribution is -2.32. The van der Waals surface area contributed by atoms with E-state index in [0.717, 1.165) is 23.3 Å². The predicted octanol–water partition coefficient (Wildman–Crippen LogP) is 2.47. The normalized spacial score (nSPS) is 14.4. The molecule has 2 unspecified atom stereocenters. The standard InChI is InChI=1S/C14H22ClN5O/c1-6-7-16-13(21)10(4)20-12(8(2)15)17-11-9(3)18-19(5)14(11)20/h8,10H,6-7H2,1-5H3,(H,16,21). The van der Waals surface area contributed by atoms with Crippen LogP contribution in [-0.4, -0.2) is 31.8 Å². The molecule has 0 saturated heterocycles. The van der Waals surface area contributed by atoms with E-state index in [2.05, 4.69) is 15.4 Å². The number of nitrogens with zero attached hydrogens (tertiary/aromatic N) is 4. The maximum atomic E-state index is 12.3. The zero-order valence-corrected chi connectivity index (χ0v) is 13.9. The highest BCUT2D eigenvalue weighted by Gasteiger charge is 2.26. The average molecular weight is 312 g/mol. The Bertz CT molecular complexity index is 658. The Morgan fingerprint density at radius 2 is 2.10 bits per heavy atom. The van der Waals surface area contributed by atoms with E-state index in [-0.39, 0.29) is 17.3 Å². The van der Waals surface area contributed by atoms with Crippen LogP contribution < -0.4 is 5.32 Å². The van der Waals surface area contributed by atoms with Crippen molar-refractivity contribution in [3.05, 3.63) is 11.5 Å². The molecule has 6 nitrogen and oxygen atoms in total. The van der Waals surface area contributed by atoms with Crippen LogP contribution in [0.25, 0.3) is 11.2 Å². The molecule has 2 atom stereocenters. The first-order chi connectivity index (χ1) is 9.88. The van der Waals surface area contributed by atoms with Crippen LogP contribution in [0.1, 0.15) is 50.1 Å². The second-order valence-electron chi connectivity index (χ2n) is 5.30. The molecule has 0 aliphatic carbocycles. The minimum absolute atomic E-state index is 0.0337. The van der Waals surface area contributed by atoms with Gasteiger partial charge in [-0.3, -0.25) is 14.0 Å². The number of hydrogen-bond acceptors (Lipinski definition) is 3. The minimum atomic E-state index is -0.382. The summed E-state index contributed by atoms with van der Waals surface area (Å²) in [5.41, 5.74) is 2.47. The molecule has 2 aromatic heterocycles. The molecule has 0 aromatic carbocycles. The molecule has 1 amide bonds. The average Bonchev–Trinajstić information content (AvgIpc) is 2.95. The summed E-state index contributed by atoms with van der Waals surface area (Å²) in [6.45, 7) is 8.31. The number of rotatable bonds is 5. The van der Waals surface area contributed by atoms with Crippen LogP contribution in [0.2, 0.25) is 0 Å². The molecule has 0 bridgehead atoms. The Hall–Kier alpha value is -1.56. The molecule has 0 spiro atoms. The third-order valence-electron chi connectivity index (χ3n) is 3.53. The maximum Gasteiger partial charge on any atom is 0.242 e. The lowest BCUT2D eigenvalue weighted by molar-refractivity contribution is -0.123. The monoisotopic (exact) mass is 311 g/mol. The van der Waals surface area contributed by atoms with Crippen LogP contribution >= 0.6 is 11.6 Å². The second kappa shape index (κ2) is 6.05. The Morgan fingerprint density at radius 3 is 2.67 bits per heavy atom. The lowest BCUT2D eigenvalue weighted by atomic mass is 10.2. The quantitative estimate of drug-likeness (QED) is 0.863. The number of halogens is 1. The third-order valence-corrected chi connectivity index (χ3v) is 3.73. The summed E-state index contributed by atoms with van der Waals surface area (Å²) in [5, 5.41) is 7.01. The summed E-state index contributed by atoms with van der Waals surface area (Å²) in [5.74, 6) is 0.662. The Kier molecular flexibility index (Phi) is 4.56. The van der Waals surface area contributed by atoms with E-state index < -0.39 is 0 Å². The topological polar surface area (TPSA) is 64.7 Å². The van der Waals surface area contributed by atoms with Crippen LogP contribution in [-0.2, 0) is 11.8 Å². The van der Waals surface area contributed by atoms with Gasteiger partial charge in [0.15, 0.2) is 5.65 Å². The smallest absolute Gasteiger partial charge is 0.242 e. The summed E-state index contributed by atoms with van der Waals surface area (Å²) in [6.07, 6.45) is 0.904. The lowest BCUT2D eigenvalue weighted by Gasteiger charge is -2.18. The van der Waals surface area contributed by atoms with E-state index in [0.29, 0.717) is 12.4 Å². The number of aryl methyl sites for hydroxylation is 2. The number of carbonyl (C=O) groups excluding carboxylic acids is 1. The molecular weight excluding hydrogens is 290 g/mol. The van der Waals surface area contributed by atoms with Gasteiger partial charge in [0.25, 0.3) is 0 Å². The van der Waals surface area contributed by atoms with E-state index in [1.54, 1.807) is 4.68 Å². The van der Waals surface area contributed by atoms with E-state index >= 15 is 0 Å². The molecule has 0 aliphatic heterocycles. The fourth-order valence-corrected chi connectivity index (χ4v) is 2.64. The van der Waals surface area contributed by atoms with Crippen LogP contribution in [0.15, 0.2) is 0 Å². The largest absolute Gasteiger partial charge is 0.354 e. The number of alkyl halides is 1. The number of carbonyl (C=O) groups is 1. The van der Waals surface area contributed by atoms with Crippen molar-refractivity contribution in [3.8, 4) is 0 Å². The van der Waals surface area contributed by atoms with Gasteiger partial charge >= 0.3 is 0 Å². The molecule has 0 fully saturated rings. The number of amides is 1. The number of nitrogens with one attached hydrogen (secondary N) is 1. The van der Waals surface area contributed by atoms with Gasteiger partial charge in [0.05, 0.1) is 11.1 Å². The number of hydrogen-bond donors (Lipinski definition) is 1. The van der Waals surface area contributed by atoms with Gasteiger partial charge in [0.1, 0.15) is 17.4 Å². The third kappa shape index (κ3) is 2.77. The van der Waals surface area contributed by atoms with Crippen molar-refractivity contribution in [1.29, 1.82) is 0 Å². The molecule has 116 valence electrons. The molecule has 2 aromatic rings. The zero-order chi connectivity index (χ0) is 15.7. The molecule has 0 radical (unpaired) electrons. The first kappa shape index (κ1) is 15.8. The Labute approximate surface area is 129 Å². The van der Waals surface area contributed by atoms with Crippen molar-refractivity contribution in [2.75, 3.05) is 6.54 Å². The molecule has 1 N–H and O–H groups in total. The van der Waals surface area contributed by atoms with Gasteiger partial charge in [-0.05, 0) is 27.2 Å². The predicted molar refractivity (Wildman–Crippen MR) is 83.5 cm³/mol. The van der Waals surface area contributed by atoms with E-state index in [9.17, 15) is 4.79 Å². The van der Waals surface area contributed by atoms with Crippen molar-refractivity contribution < 1.29 is 4.79 Å². The van der Waals surface area contributed by atoms with Gasteiger partial charge < -0.3 is 5.32 Å². The number of imidazole rings is 1. The van der Waals surface area contributed by atoms with E-state index in [1.807, 2.05) is 39.3 Å². The van der Waals surface area contributed by atoms with Gasteiger partial charge in [-0.15, -0.1) is 11.6 Å². The highest BCUT2D eigenvalue weighted by molar-refractivity contribution is 6.20. The van der Waals surface area contributed by atoms with Gasteiger partial charge in [-0.25, -0.2) is 4.98 Å². The van der Waals surface area contributed by atoms with Gasteiger partial charge in [-0.1, -0.05) is 6.92 Å². The van der Waals surface area contributed by atoms with Crippen molar-refractivity contribution in [3.63, 3.8) is 0 Å². The number of fused-ring (bicyclic) bond motifs is 1. The summed E-state index contributed by atoms with van der Waals surface area (Å²) in [6, 6.07) is -0.382. The molecular formula is C14H22ClN5O. The van der Waals surface area contributed by atoms with Crippen LogP contribution in [0, 0.1) is 6.92 Å². The molecule has 21 heavy (non-hydrogen) atoms. The molecule has 2 heterocycles. The Balaban J connectivity index is 2.54. The van der Waals surface area contributed by atoms with Gasteiger partial charge in [0.2, 0.25) is 5.91 Å². The second-order valence-corrected chi connectivity index (χ2v) is 5.96.